The lowest BCUT2D eigenvalue weighted by atomic mass is 9.87. The number of hydrogen-bond acceptors (Lipinski definition) is 7. The average molecular weight is 480 g/mol. The second kappa shape index (κ2) is 11.2. The molecule has 0 saturated carbocycles. The van der Waals surface area contributed by atoms with Crippen molar-refractivity contribution < 1.29 is 27.8 Å². The summed E-state index contributed by atoms with van der Waals surface area (Å²) in [6, 6.07) is 0.770. The van der Waals surface area contributed by atoms with Gasteiger partial charge >= 0.3 is 0 Å². The van der Waals surface area contributed by atoms with Crippen LogP contribution in [0.4, 0.5) is 0 Å². The van der Waals surface area contributed by atoms with E-state index in [1.807, 2.05) is 39.0 Å². The molecule has 1 heterocycles. The number of methoxy groups -OCH3 is 3. The normalized spacial score (nSPS) is 22.8. The zero-order valence-corrected chi connectivity index (χ0v) is 21.4. The summed E-state index contributed by atoms with van der Waals surface area (Å²) in [7, 11) is 0.407. The van der Waals surface area contributed by atoms with Gasteiger partial charge in [-0.15, -0.1) is 0 Å². The molecule has 0 amide bonds. The van der Waals surface area contributed by atoms with Crippen LogP contribution in [0.1, 0.15) is 58.1 Å². The number of nitrogens with zero attached hydrogens (tertiary/aromatic N) is 1. The summed E-state index contributed by atoms with van der Waals surface area (Å²) in [5.41, 5.74) is -0.118. The van der Waals surface area contributed by atoms with Gasteiger partial charge in [0.05, 0.1) is 38.7 Å². The van der Waals surface area contributed by atoms with Crippen LogP contribution in [0.5, 0.6) is 17.2 Å². The Morgan fingerprint density at radius 2 is 1.88 bits per heavy atom. The lowest BCUT2D eigenvalue weighted by Gasteiger charge is -2.42. The van der Waals surface area contributed by atoms with E-state index in [9.17, 15) is 13.6 Å². The fourth-order valence-electron chi connectivity index (χ4n) is 4.44. The van der Waals surface area contributed by atoms with E-state index in [1.165, 1.54) is 26.4 Å². The number of ether oxygens (including phenoxy) is 3. The molecule has 8 heteroatoms. The molecule has 0 aromatic heterocycles. The Bertz CT molecular complexity index is 1010. The van der Waals surface area contributed by atoms with E-state index in [0.717, 1.165) is 12.8 Å². The van der Waals surface area contributed by atoms with Gasteiger partial charge in [0.15, 0.2) is 21.3 Å². The second-order valence-corrected chi connectivity index (χ2v) is 10.1. The highest BCUT2D eigenvalue weighted by Crippen LogP contribution is 2.52. The van der Waals surface area contributed by atoms with Crippen molar-refractivity contribution >= 4 is 9.84 Å². The monoisotopic (exact) mass is 479 g/mol. The number of sulfone groups is 1. The third kappa shape index (κ3) is 5.13. The molecule has 1 aromatic carbocycles. The van der Waals surface area contributed by atoms with Gasteiger partial charge in [-0.25, -0.2) is 8.42 Å². The van der Waals surface area contributed by atoms with Gasteiger partial charge in [0, 0.05) is 5.56 Å². The highest BCUT2D eigenvalue weighted by molar-refractivity contribution is 7.91. The van der Waals surface area contributed by atoms with E-state index in [1.54, 1.807) is 12.1 Å². The van der Waals surface area contributed by atoms with Gasteiger partial charge in [0.1, 0.15) is 4.90 Å². The highest BCUT2D eigenvalue weighted by atomic mass is 32.2. The van der Waals surface area contributed by atoms with Crippen LogP contribution in [0.2, 0.25) is 0 Å². The Morgan fingerprint density at radius 1 is 1.21 bits per heavy atom. The molecular formula is C25H37NO6S. The molecule has 184 valence electrons. The molecule has 7 nitrogen and oxygen atoms in total. The maximum Gasteiger partial charge on any atom is 0.204 e. The summed E-state index contributed by atoms with van der Waals surface area (Å²) in [6.07, 6.45) is 9.92. The summed E-state index contributed by atoms with van der Waals surface area (Å²) >= 11 is 0. The second-order valence-electron chi connectivity index (χ2n) is 8.21. The Labute approximate surface area is 198 Å². The van der Waals surface area contributed by atoms with Crippen LogP contribution in [-0.2, 0) is 9.84 Å². The lowest BCUT2D eigenvalue weighted by molar-refractivity contribution is -0.193. The topological polar surface area (TPSA) is 85.3 Å². The zero-order valence-electron chi connectivity index (χ0n) is 20.6. The number of hydroxylamine groups is 2. The standard InChI is InChI=1S/C25H37NO6S/c1-8-11-13-14-18(4)21-19-16-20(30-5)22(31-6)23(32-7)24(19)33(28,29)17-25(10-3,26(21)27)15-12-9-2/h8,11,13-14,16,21,27H,4,9-10,12,15,17H2,1-3,5-7H3. The number of hydrogen-bond donors (Lipinski definition) is 1. The van der Waals surface area contributed by atoms with Crippen molar-refractivity contribution in [2.75, 3.05) is 27.1 Å². The molecule has 0 bridgehead atoms. The van der Waals surface area contributed by atoms with Gasteiger partial charge in [-0.3, -0.25) is 0 Å². The first-order valence-electron chi connectivity index (χ1n) is 11.2. The van der Waals surface area contributed by atoms with Crippen LogP contribution >= 0.6 is 0 Å². The van der Waals surface area contributed by atoms with Crippen molar-refractivity contribution in [3.8, 4) is 17.2 Å². The third-order valence-electron chi connectivity index (χ3n) is 6.23. The minimum atomic E-state index is -3.89. The van der Waals surface area contributed by atoms with E-state index in [0.29, 0.717) is 29.7 Å². The number of fused-ring (bicyclic) bond motifs is 1. The first-order chi connectivity index (χ1) is 15.7. The first kappa shape index (κ1) is 27.0. The van der Waals surface area contributed by atoms with Crippen molar-refractivity contribution in [3.63, 3.8) is 0 Å². The van der Waals surface area contributed by atoms with Crippen molar-refractivity contribution in [3.05, 3.63) is 48.1 Å². The molecule has 0 saturated heterocycles. The SMILES string of the molecule is C=C(C=CC=CC)C1c2cc(OC)c(OC)c(OC)c2S(=O)(=O)CC(CC)(CCCC)N1O. The number of benzene rings is 1. The van der Waals surface area contributed by atoms with Gasteiger partial charge < -0.3 is 19.4 Å². The maximum atomic E-state index is 13.9. The smallest absolute Gasteiger partial charge is 0.204 e. The van der Waals surface area contributed by atoms with Crippen molar-refractivity contribution in [2.45, 2.75) is 62.9 Å². The molecule has 2 atom stereocenters. The van der Waals surface area contributed by atoms with Crippen molar-refractivity contribution in [1.82, 2.24) is 5.06 Å². The fourth-order valence-corrected chi connectivity index (χ4v) is 6.76. The minimum Gasteiger partial charge on any atom is -0.493 e. The van der Waals surface area contributed by atoms with Crippen molar-refractivity contribution in [2.24, 2.45) is 0 Å². The quantitative estimate of drug-likeness (QED) is 0.458. The number of unbranched alkanes of at least 4 members (excludes halogenated alkanes) is 1. The largest absolute Gasteiger partial charge is 0.493 e. The van der Waals surface area contributed by atoms with Gasteiger partial charge in [-0.1, -0.05) is 57.6 Å². The summed E-state index contributed by atoms with van der Waals surface area (Å²) < 4.78 is 44.3. The molecule has 0 spiro atoms. The molecular weight excluding hydrogens is 442 g/mol. The lowest BCUT2D eigenvalue weighted by Crippen LogP contribution is -2.51. The van der Waals surface area contributed by atoms with Gasteiger partial charge in [0.2, 0.25) is 5.75 Å². The molecule has 1 N–H and O–H groups in total. The van der Waals surface area contributed by atoms with Crippen LogP contribution in [0, 0.1) is 0 Å². The molecule has 0 aliphatic carbocycles. The Kier molecular flexibility index (Phi) is 9.17. The van der Waals surface area contributed by atoms with E-state index in [-0.39, 0.29) is 22.1 Å². The summed E-state index contributed by atoms with van der Waals surface area (Å²) in [6.45, 7) is 10.0. The molecule has 2 unspecified atom stereocenters. The van der Waals surface area contributed by atoms with Crippen LogP contribution < -0.4 is 14.2 Å². The molecule has 1 aromatic rings. The Balaban J connectivity index is 2.97. The van der Waals surface area contributed by atoms with Crippen LogP contribution in [0.3, 0.4) is 0 Å². The summed E-state index contributed by atoms with van der Waals surface area (Å²) in [5, 5.41) is 12.9. The van der Waals surface area contributed by atoms with E-state index in [4.69, 9.17) is 14.2 Å². The highest BCUT2D eigenvalue weighted by Gasteiger charge is 2.49. The summed E-state index contributed by atoms with van der Waals surface area (Å²) in [4.78, 5) is -0.000827. The van der Waals surface area contributed by atoms with Crippen molar-refractivity contribution in [1.29, 1.82) is 0 Å². The fraction of sp³-hybridized carbons (Fsp3) is 0.520. The zero-order chi connectivity index (χ0) is 24.8. The molecule has 2 rings (SSSR count). The van der Waals surface area contributed by atoms with Crippen LogP contribution in [0.15, 0.2) is 47.4 Å². The Hall–Kier alpha value is -2.29. The molecule has 0 fully saturated rings. The van der Waals surface area contributed by atoms with Gasteiger partial charge in [0.25, 0.3) is 0 Å². The minimum absolute atomic E-state index is 0.000827. The van der Waals surface area contributed by atoms with Gasteiger partial charge in [-0.2, -0.15) is 5.06 Å². The number of rotatable bonds is 10. The predicted molar refractivity (Wildman–Crippen MR) is 130 cm³/mol. The average Bonchev–Trinajstić information content (AvgIpc) is 2.87. The molecule has 1 aliphatic rings. The maximum absolute atomic E-state index is 13.9. The van der Waals surface area contributed by atoms with E-state index in [2.05, 4.69) is 6.58 Å². The van der Waals surface area contributed by atoms with Crippen LogP contribution in [0.25, 0.3) is 0 Å². The molecule has 33 heavy (non-hydrogen) atoms. The predicted octanol–water partition coefficient (Wildman–Crippen LogP) is 5.26. The van der Waals surface area contributed by atoms with E-state index < -0.39 is 21.4 Å². The number of allylic oxidation sites excluding steroid dienone is 3. The third-order valence-corrected chi connectivity index (χ3v) is 8.19. The molecule has 1 aliphatic heterocycles. The molecule has 0 radical (unpaired) electrons. The van der Waals surface area contributed by atoms with E-state index >= 15 is 0 Å². The summed E-state index contributed by atoms with van der Waals surface area (Å²) in [5.74, 6) is 0.314. The first-order valence-corrected chi connectivity index (χ1v) is 12.8. The Morgan fingerprint density at radius 3 is 2.39 bits per heavy atom. The van der Waals surface area contributed by atoms with Gasteiger partial charge in [-0.05, 0) is 31.4 Å². The van der Waals surface area contributed by atoms with Crippen LogP contribution in [-0.4, -0.2) is 51.3 Å².